The van der Waals surface area contributed by atoms with E-state index in [0.717, 1.165) is 38.1 Å². The number of hydrogen-bond acceptors (Lipinski definition) is 3. The molecule has 0 spiro atoms. The van der Waals surface area contributed by atoms with E-state index in [1.807, 2.05) is 62.4 Å². The van der Waals surface area contributed by atoms with E-state index in [0.29, 0.717) is 10.8 Å². The third-order valence-corrected chi connectivity index (χ3v) is 6.35. The maximum absolute atomic E-state index is 13.2. The van der Waals surface area contributed by atoms with E-state index in [9.17, 15) is 4.79 Å². The number of carbonyl (C=O) groups is 1. The zero-order chi connectivity index (χ0) is 23.7. The lowest BCUT2D eigenvalue weighted by molar-refractivity contribution is 0.101. The molecule has 0 unspecified atom stereocenters. The van der Waals surface area contributed by atoms with Crippen molar-refractivity contribution in [3.63, 3.8) is 0 Å². The second-order valence-corrected chi connectivity index (χ2v) is 9.59. The van der Waals surface area contributed by atoms with Crippen LogP contribution >= 0.6 is 27.5 Å². The van der Waals surface area contributed by atoms with Gasteiger partial charge in [0.2, 0.25) is 5.82 Å². The standard InChI is InChI=1S/C26H24BrClN4O/c1-15(2)21-14-19(27)10-13-22(21)29-26(33)24-30-25(18-8-11-20(28)12-9-18)32(31-24)23-7-5-6-16(3)17(23)4/h5-15H,1-4H3,(H,29,33). The minimum absolute atomic E-state index is 0.0958. The van der Waals surface area contributed by atoms with Crippen molar-refractivity contribution < 1.29 is 4.79 Å². The van der Waals surface area contributed by atoms with Crippen LogP contribution in [0.4, 0.5) is 5.69 Å². The maximum atomic E-state index is 13.2. The van der Waals surface area contributed by atoms with Gasteiger partial charge in [-0.1, -0.05) is 53.5 Å². The summed E-state index contributed by atoms with van der Waals surface area (Å²) < 4.78 is 2.69. The fourth-order valence-corrected chi connectivity index (χ4v) is 4.14. The van der Waals surface area contributed by atoms with Crippen molar-refractivity contribution in [1.82, 2.24) is 14.8 Å². The highest BCUT2D eigenvalue weighted by Crippen LogP contribution is 2.29. The van der Waals surface area contributed by atoms with Crippen molar-refractivity contribution in [2.75, 3.05) is 5.32 Å². The van der Waals surface area contributed by atoms with Crippen LogP contribution in [0, 0.1) is 13.8 Å². The molecule has 0 atom stereocenters. The predicted octanol–water partition coefficient (Wildman–Crippen LogP) is 7.34. The van der Waals surface area contributed by atoms with Crippen molar-refractivity contribution in [2.45, 2.75) is 33.6 Å². The van der Waals surface area contributed by atoms with Crippen LogP contribution in [-0.4, -0.2) is 20.7 Å². The van der Waals surface area contributed by atoms with E-state index in [-0.39, 0.29) is 17.6 Å². The average Bonchev–Trinajstić information content (AvgIpc) is 3.22. The van der Waals surface area contributed by atoms with Crippen LogP contribution in [0.25, 0.3) is 17.1 Å². The van der Waals surface area contributed by atoms with Crippen LogP contribution in [0.15, 0.2) is 65.1 Å². The normalized spacial score (nSPS) is 11.1. The fourth-order valence-electron chi connectivity index (χ4n) is 3.63. The van der Waals surface area contributed by atoms with Gasteiger partial charge in [0.1, 0.15) is 0 Å². The average molecular weight is 524 g/mol. The van der Waals surface area contributed by atoms with Gasteiger partial charge in [-0.05, 0) is 85.0 Å². The molecule has 0 bridgehead atoms. The van der Waals surface area contributed by atoms with E-state index >= 15 is 0 Å². The number of amides is 1. The van der Waals surface area contributed by atoms with Crippen LogP contribution in [-0.2, 0) is 0 Å². The van der Waals surface area contributed by atoms with Gasteiger partial charge in [-0.15, -0.1) is 5.10 Å². The van der Waals surface area contributed by atoms with Crippen molar-refractivity contribution in [3.05, 3.63) is 92.7 Å². The summed E-state index contributed by atoms with van der Waals surface area (Å²) in [5.41, 5.74) is 5.67. The van der Waals surface area contributed by atoms with Crippen molar-refractivity contribution in [3.8, 4) is 17.1 Å². The molecule has 0 saturated carbocycles. The Balaban J connectivity index is 1.79. The summed E-state index contributed by atoms with van der Waals surface area (Å²) in [6.45, 7) is 8.26. The third kappa shape index (κ3) is 4.87. The SMILES string of the molecule is Cc1cccc(-n2nc(C(=O)Nc3ccc(Br)cc3C(C)C)nc2-c2ccc(Cl)cc2)c1C. The molecule has 3 aromatic carbocycles. The highest BCUT2D eigenvalue weighted by atomic mass is 79.9. The number of rotatable bonds is 5. The molecule has 0 aliphatic carbocycles. The smallest absolute Gasteiger partial charge is 0.295 e. The highest BCUT2D eigenvalue weighted by molar-refractivity contribution is 9.10. The third-order valence-electron chi connectivity index (χ3n) is 5.60. The second kappa shape index (κ2) is 9.49. The molecule has 4 rings (SSSR count). The Labute approximate surface area is 207 Å². The summed E-state index contributed by atoms with van der Waals surface area (Å²) in [5.74, 6) is 0.547. The number of aryl methyl sites for hydroxylation is 1. The van der Waals surface area contributed by atoms with Gasteiger partial charge >= 0.3 is 0 Å². The van der Waals surface area contributed by atoms with E-state index in [1.165, 1.54) is 0 Å². The largest absolute Gasteiger partial charge is 0.319 e. The Morgan fingerprint density at radius 1 is 1.06 bits per heavy atom. The molecule has 0 aliphatic rings. The van der Waals surface area contributed by atoms with E-state index in [1.54, 1.807) is 16.8 Å². The molecule has 4 aromatic rings. The number of nitrogens with zero attached hydrogens (tertiary/aromatic N) is 3. The van der Waals surface area contributed by atoms with Crippen molar-refractivity contribution >= 4 is 39.1 Å². The number of anilines is 1. The van der Waals surface area contributed by atoms with E-state index < -0.39 is 0 Å². The fraction of sp³-hybridized carbons (Fsp3) is 0.192. The summed E-state index contributed by atoms with van der Waals surface area (Å²) >= 11 is 9.60. The lowest BCUT2D eigenvalue weighted by atomic mass is 10.0. The number of aromatic nitrogens is 3. The summed E-state index contributed by atoms with van der Waals surface area (Å²) in [4.78, 5) is 17.9. The molecule has 0 fully saturated rings. The summed E-state index contributed by atoms with van der Waals surface area (Å²) in [6.07, 6.45) is 0. The summed E-state index contributed by atoms with van der Waals surface area (Å²) in [7, 11) is 0. The molecular formula is C26H24BrClN4O. The van der Waals surface area contributed by atoms with E-state index in [2.05, 4.69) is 45.2 Å². The minimum Gasteiger partial charge on any atom is -0.319 e. The van der Waals surface area contributed by atoms with E-state index in [4.69, 9.17) is 11.6 Å². The lowest BCUT2D eigenvalue weighted by Gasteiger charge is -2.13. The van der Waals surface area contributed by atoms with Crippen LogP contribution in [0.5, 0.6) is 0 Å². The van der Waals surface area contributed by atoms with Gasteiger partial charge < -0.3 is 5.32 Å². The Kier molecular flexibility index (Phi) is 6.68. The van der Waals surface area contributed by atoms with Gasteiger partial charge in [0.15, 0.2) is 5.82 Å². The van der Waals surface area contributed by atoms with Gasteiger partial charge in [0.25, 0.3) is 5.91 Å². The van der Waals surface area contributed by atoms with Crippen LogP contribution in [0.1, 0.15) is 47.1 Å². The first-order valence-electron chi connectivity index (χ1n) is 10.6. The molecule has 168 valence electrons. The summed E-state index contributed by atoms with van der Waals surface area (Å²) in [5, 5.41) is 8.25. The Bertz CT molecular complexity index is 1330. The minimum atomic E-state index is -0.363. The topological polar surface area (TPSA) is 59.8 Å². The molecular weight excluding hydrogens is 500 g/mol. The van der Waals surface area contributed by atoms with Crippen molar-refractivity contribution in [1.29, 1.82) is 0 Å². The van der Waals surface area contributed by atoms with Crippen LogP contribution in [0.2, 0.25) is 5.02 Å². The van der Waals surface area contributed by atoms with Crippen LogP contribution in [0.3, 0.4) is 0 Å². The lowest BCUT2D eigenvalue weighted by Crippen LogP contribution is -2.16. The first kappa shape index (κ1) is 23.2. The zero-order valence-corrected chi connectivity index (χ0v) is 21.2. The quantitative estimate of drug-likeness (QED) is 0.298. The molecule has 1 aromatic heterocycles. The molecule has 1 heterocycles. The van der Waals surface area contributed by atoms with Crippen molar-refractivity contribution in [2.24, 2.45) is 0 Å². The first-order chi connectivity index (χ1) is 15.7. The first-order valence-corrected chi connectivity index (χ1v) is 11.8. The predicted molar refractivity (Wildman–Crippen MR) is 137 cm³/mol. The maximum Gasteiger partial charge on any atom is 0.295 e. The second-order valence-electron chi connectivity index (χ2n) is 8.24. The molecule has 1 amide bonds. The zero-order valence-electron chi connectivity index (χ0n) is 18.9. The number of nitrogens with one attached hydrogen (secondary N) is 1. The molecule has 0 saturated heterocycles. The number of hydrogen-bond donors (Lipinski definition) is 1. The molecule has 7 heteroatoms. The van der Waals surface area contributed by atoms with Gasteiger partial charge in [-0.3, -0.25) is 4.79 Å². The number of halogens is 2. The molecule has 1 N–H and O–H groups in total. The van der Waals surface area contributed by atoms with Gasteiger partial charge in [-0.25, -0.2) is 9.67 Å². The summed E-state index contributed by atoms with van der Waals surface area (Å²) in [6, 6.07) is 19.2. The highest BCUT2D eigenvalue weighted by Gasteiger charge is 2.21. The Morgan fingerprint density at radius 3 is 2.48 bits per heavy atom. The van der Waals surface area contributed by atoms with Gasteiger partial charge in [0.05, 0.1) is 5.69 Å². The number of carbonyl (C=O) groups excluding carboxylic acids is 1. The molecule has 33 heavy (non-hydrogen) atoms. The Hall–Kier alpha value is -2.96. The monoisotopic (exact) mass is 522 g/mol. The number of benzene rings is 3. The molecule has 5 nitrogen and oxygen atoms in total. The van der Waals surface area contributed by atoms with Crippen LogP contribution < -0.4 is 5.32 Å². The van der Waals surface area contributed by atoms with Gasteiger partial charge in [0, 0.05) is 20.7 Å². The Morgan fingerprint density at radius 2 is 1.79 bits per heavy atom. The van der Waals surface area contributed by atoms with Gasteiger partial charge in [-0.2, -0.15) is 0 Å². The molecule has 0 radical (unpaired) electrons. The molecule has 0 aliphatic heterocycles.